The van der Waals surface area contributed by atoms with Crippen LogP contribution < -0.4 is 10.2 Å². The van der Waals surface area contributed by atoms with Crippen LogP contribution in [0.3, 0.4) is 0 Å². The predicted molar refractivity (Wildman–Crippen MR) is 107 cm³/mol. The van der Waals surface area contributed by atoms with Crippen LogP contribution in [-0.2, 0) is 17.8 Å². The molecule has 27 heavy (non-hydrogen) atoms. The monoisotopic (exact) mass is 368 g/mol. The molecule has 1 saturated heterocycles. The minimum atomic E-state index is -0.226. The Kier molecular flexibility index (Phi) is 4.68. The van der Waals surface area contributed by atoms with E-state index in [2.05, 4.69) is 44.0 Å². The number of anilines is 1. The van der Waals surface area contributed by atoms with Crippen LogP contribution in [-0.4, -0.2) is 36.8 Å². The van der Waals surface area contributed by atoms with Gasteiger partial charge in [0.2, 0.25) is 0 Å². The molecule has 1 aromatic rings. The second kappa shape index (κ2) is 6.76. The van der Waals surface area contributed by atoms with E-state index in [1.54, 1.807) is 0 Å². The van der Waals surface area contributed by atoms with Crippen LogP contribution in [0.5, 0.6) is 0 Å². The van der Waals surface area contributed by atoms with Gasteiger partial charge in [0, 0.05) is 44.1 Å². The molecular formula is C22H32N4O. The molecule has 1 aliphatic carbocycles. The zero-order valence-corrected chi connectivity index (χ0v) is 17.2. The summed E-state index contributed by atoms with van der Waals surface area (Å²) in [6, 6.07) is 2.53. The van der Waals surface area contributed by atoms with Gasteiger partial charge in [0.25, 0.3) is 0 Å². The molecule has 5 nitrogen and oxygen atoms in total. The van der Waals surface area contributed by atoms with Crippen molar-refractivity contribution in [1.29, 1.82) is 5.26 Å². The van der Waals surface area contributed by atoms with E-state index in [1.807, 2.05) is 0 Å². The molecule has 1 unspecified atom stereocenters. The lowest BCUT2D eigenvalue weighted by atomic mass is 9.85. The van der Waals surface area contributed by atoms with Crippen LogP contribution in [0.1, 0.15) is 75.3 Å². The summed E-state index contributed by atoms with van der Waals surface area (Å²) in [4.78, 5) is 7.50. The van der Waals surface area contributed by atoms with Crippen molar-refractivity contribution in [2.75, 3.05) is 31.1 Å². The summed E-state index contributed by atoms with van der Waals surface area (Å²) in [6.07, 6.45) is 4.32. The van der Waals surface area contributed by atoms with Crippen molar-refractivity contribution in [3.8, 4) is 6.07 Å². The van der Waals surface area contributed by atoms with Gasteiger partial charge in [0.15, 0.2) is 0 Å². The number of hydrogen-bond acceptors (Lipinski definition) is 5. The Hall–Kier alpha value is -1.64. The zero-order chi connectivity index (χ0) is 19.2. The lowest BCUT2D eigenvalue weighted by molar-refractivity contribution is -0.0407. The van der Waals surface area contributed by atoms with E-state index in [9.17, 15) is 5.26 Å². The molecule has 1 N–H and O–H groups in total. The molecule has 1 atom stereocenters. The Bertz CT molecular complexity index is 777. The fourth-order valence-corrected chi connectivity index (χ4v) is 4.44. The van der Waals surface area contributed by atoms with Crippen molar-refractivity contribution in [2.45, 2.75) is 71.5 Å². The number of pyridine rings is 1. The van der Waals surface area contributed by atoms with Gasteiger partial charge < -0.3 is 15.0 Å². The van der Waals surface area contributed by atoms with Gasteiger partial charge in [-0.25, -0.2) is 4.98 Å². The van der Waals surface area contributed by atoms with Crippen LogP contribution in [0.15, 0.2) is 0 Å². The number of hydrogen-bond donors (Lipinski definition) is 1. The molecule has 0 spiro atoms. The Labute approximate surface area is 163 Å². The van der Waals surface area contributed by atoms with E-state index >= 15 is 0 Å². The topological polar surface area (TPSA) is 61.2 Å². The molecule has 146 valence electrons. The normalized spacial score (nSPS) is 27.6. The van der Waals surface area contributed by atoms with Gasteiger partial charge in [-0.1, -0.05) is 13.8 Å². The van der Waals surface area contributed by atoms with Gasteiger partial charge in [-0.2, -0.15) is 5.26 Å². The average molecular weight is 369 g/mol. The maximum Gasteiger partial charge on any atom is 0.147 e. The van der Waals surface area contributed by atoms with Gasteiger partial charge in [0.1, 0.15) is 11.9 Å². The molecule has 5 heteroatoms. The fraction of sp³-hybridized carbons (Fsp3) is 0.727. The number of nitrogens with one attached hydrogen (secondary N) is 1. The maximum absolute atomic E-state index is 10.1. The van der Waals surface area contributed by atoms with Crippen molar-refractivity contribution < 1.29 is 4.74 Å². The van der Waals surface area contributed by atoms with Crippen LogP contribution in [0, 0.1) is 16.7 Å². The van der Waals surface area contributed by atoms with Crippen molar-refractivity contribution in [2.24, 2.45) is 5.41 Å². The average Bonchev–Trinajstić information content (AvgIpc) is 3.47. The Balaban J connectivity index is 1.83. The van der Waals surface area contributed by atoms with E-state index in [4.69, 9.17) is 9.72 Å². The predicted octanol–water partition coefficient (Wildman–Crippen LogP) is 3.51. The first-order valence-electron chi connectivity index (χ1n) is 10.4. The van der Waals surface area contributed by atoms with Crippen molar-refractivity contribution in [3.05, 3.63) is 22.4 Å². The van der Waals surface area contributed by atoms with E-state index in [0.29, 0.717) is 12.5 Å². The summed E-state index contributed by atoms with van der Waals surface area (Å²) in [5, 5.41) is 13.7. The fourth-order valence-electron chi connectivity index (χ4n) is 4.44. The first kappa shape index (κ1) is 18.7. The number of nitriles is 1. The first-order chi connectivity index (χ1) is 12.9. The first-order valence-corrected chi connectivity index (χ1v) is 10.4. The molecule has 2 aliphatic heterocycles. The third kappa shape index (κ3) is 3.58. The SMILES string of the molecule is CCC1(C)CNCCN(c2nc(C3CC3)c3c(c2C#N)CC(C)(C)OC3)C1. The second-order valence-corrected chi connectivity index (χ2v) is 9.53. The summed E-state index contributed by atoms with van der Waals surface area (Å²) in [6.45, 7) is 13.2. The van der Waals surface area contributed by atoms with Crippen LogP contribution in [0.25, 0.3) is 0 Å². The highest BCUT2D eigenvalue weighted by atomic mass is 16.5. The molecule has 3 heterocycles. The summed E-state index contributed by atoms with van der Waals surface area (Å²) < 4.78 is 6.09. The Morgan fingerprint density at radius 1 is 1.30 bits per heavy atom. The molecule has 1 saturated carbocycles. The standard InChI is InChI=1S/C22H32N4O/c1-5-22(4)13-24-8-9-26(14-22)20-17(11-23)16-10-21(2,3)27-12-18(16)19(25-20)15-6-7-15/h15,24H,5-10,12-14H2,1-4H3. The quantitative estimate of drug-likeness (QED) is 0.885. The van der Waals surface area contributed by atoms with Crippen molar-refractivity contribution >= 4 is 5.82 Å². The number of nitrogens with zero attached hydrogens (tertiary/aromatic N) is 3. The van der Waals surface area contributed by atoms with Crippen LogP contribution in [0.2, 0.25) is 0 Å². The number of aromatic nitrogens is 1. The van der Waals surface area contributed by atoms with Gasteiger partial charge in [-0.15, -0.1) is 0 Å². The molecule has 4 rings (SSSR count). The highest BCUT2D eigenvalue weighted by Crippen LogP contribution is 2.46. The summed E-state index contributed by atoms with van der Waals surface area (Å²) in [5.74, 6) is 1.47. The summed E-state index contributed by atoms with van der Waals surface area (Å²) in [7, 11) is 0. The second-order valence-electron chi connectivity index (χ2n) is 9.53. The third-order valence-corrected chi connectivity index (χ3v) is 6.55. The Morgan fingerprint density at radius 3 is 2.74 bits per heavy atom. The zero-order valence-electron chi connectivity index (χ0n) is 17.2. The lowest BCUT2D eigenvalue weighted by Gasteiger charge is -2.36. The van der Waals surface area contributed by atoms with Gasteiger partial charge in [-0.3, -0.25) is 0 Å². The van der Waals surface area contributed by atoms with Gasteiger partial charge in [0.05, 0.1) is 23.5 Å². The lowest BCUT2D eigenvalue weighted by Crippen LogP contribution is -2.39. The number of fused-ring (bicyclic) bond motifs is 1. The van der Waals surface area contributed by atoms with E-state index in [1.165, 1.54) is 29.7 Å². The molecule has 3 aliphatic rings. The summed E-state index contributed by atoms with van der Waals surface area (Å²) in [5.41, 5.74) is 4.34. The molecule has 1 aromatic heterocycles. The van der Waals surface area contributed by atoms with Crippen LogP contribution >= 0.6 is 0 Å². The maximum atomic E-state index is 10.1. The number of ether oxygens (including phenoxy) is 1. The van der Waals surface area contributed by atoms with Gasteiger partial charge >= 0.3 is 0 Å². The Morgan fingerprint density at radius 2 is 2.07 bits per heavy atom. The molecule has 0 radical (unpaired) electrons. The highest BCUT2D eigenvalue weighted by Gasteiger charge is 2.38. The molecule has 2 fully saturated rings. The van der Waals surface area contributed by atoms with E-state index < -0.39 is 0 Å². The van der Waals surface area contributed by atoms with Gasteiger partial charge in [-0.05, 0) is 44.1 Å². The molecule has 0 bridgehead atoms. The minimum absolute atomic E-state index is 0.197. The third-order valence-electron chi connectivity index (χ3n) is 6.55. The van der Waals surface area contributed by atoms with E-state index in [0.717, 1.165) is 50.4 Å². The number of rotatable bonds is 3. The molecule has 0 amide bonds. The molecular weight excluding hydrogens is 336 g/mol. The minimum Gasteiger partial charge on any atom is -0.370 e. The summed E-state index contributed by atoms with van der Waals surface area (Å²) >= 11 is 0. The van der Waals surface area contributed by atoms with Crippen LogP contribution in [0.4, 0.5) is 5.82 Å². The van der Waals surface area contributed by atoms with Crippen molar-refractivity contribution in [1.82, 2.24) is 10.3 Å². The van der Waals surface area contributed by atoms with E-state index in [-0.39, 0.29) is 11.0 Å². The van der Waals surface area contributed by atoms with Crippen molar-refractivity contribution in [3.63, 3.8) is 0 Å². The smallest absolute Gasteiger partial charge is 0.147 e. The largest absolute Gasteiger partial charge is 0.370 e. The highest BCUT2D eigenvalue weighted by molar-refractivity contribution is 5.62. The molecule has 0 aromatic carbocycles.